The van der Waals surface area contributed by atoms with Crippen LogP contribution in [0.15, 0.2) is 16.6 Å². The Balaban J connectivity index is 3.02. The third-order valence-electron chi connectivity index (χ3n) is 2.86. The van der Waals surface area contributed by atoms with Crippen LogP contribution in [-0.4, -0.2) is 11.7 Å². The summed E-state index contributed by atoms with van der Waals surface area (Å²) in [4.78, 5) is 0. The van der Waals surface area contributed by atoms with E-state index in [0.717, 1.165) is 34.9 Å². The monoisotopic (exact) mass is 299 g/mol. The van der Waals surface area contributed by atoms with E-state index in [4.69, 9.17) is 5.73 Å². The van der Waals surface area contributed by atoms with Gasteiger partial charge in [0.05, 0.1) is 0 Å². The van der Waals surface area contributed by atoms with Crippen LogP contribution in [0.25, 0.3) is 0 Å². The normalized spacial score (nSPS) is 11.8. The molecule has 3 heteroatoms. The number of phenols is 1. The Morgan fingerprint density at radius 2 is 1.88 bits per heavy atom. The lowest BCUT2D eigenvalue weighted by molar-refractivity contribution is 0.439. The molecular weight excluding hydrogens is 278 g/mol. The van der Waals surface area contributed by atoms with Gasteiger partial charge >= 0.3 is 0 Å². The number of rotatable bonds is 4. The minimum absolute atomic E-state index is 0.0452. The van der Waals surface area contributed by atoms with E-state index in [1.54, 1.807) is 0 Å². The number of nitrogens with two attached hydrogens (primary N) is 1. The summed E-state index contributed by atoms with van der Waals surface area (Å²) in [6.45, 7) is 7.04. The molecule has 0 radical (unpaired) electrons. The minimum Gasteiger partial charge on any atom is -0.507 e. The van der Waals surface area contributed by atoms with Gasteiger partial charge in [-0.05, 0) is 48.9 Å². The van der Waals surface area contributed by atoms with E-state index in [9.17, 15) is 5.11 Å². The standard InChI is InChI=1S/C14H22BrNO/c1-14(2,3)12-9-11(15)8-10(13(12)17)6-4-5-7-16/h8-9,17H,4-7,16H2,1-3H3. The molecule has 0 spiro atoms. The number of unbranched alkanes of at least 4 members (excludes halogenated alkanes) is 1. The Kier molecular flexibility index (Phi) is 5.02. The zero-order valence-electron chi connectivity index (χ0n) is 10.9. The predicted octanol–water partition coefficient (Wildman–Crippen LogP) is 3.73. The molecule has 2 nitrogen and oxygen atoms in total. The maximum absolute atomic E-state index is 10.3. The molecule has 17 heavy (non-hydrogen) atoms. The molecular formula is C14H22BrNO. The van der Waals surface area contributed by atoms with Crippen LogP contribution in [0.1, 0.15) is 44.7 Å². The van der Waals surface area contributed by atoms with Crippen molar-refractivity contribution in [3.63, 3.8) is 0 Å². The van der Waals surface area contributed by atoms with Crippen LogP contribution >= 0.6 is 15.9 Å². The molecule has 0 saturated heterocycles. The van der Waals surface area contributed by atoms with Gasteiger partial charge in [-0.25, -0.2) is 0 Å². The Bertz CT molecular complexity index is 383. The quantitative estimate of drug-likeness (QED) is 0.832. The van der Waals surface area contributed by atoms with Gasteiger partial charge in [0.2, 0.25) is 0 Å². The van der Waals surface area contributed by atoms with Crippen LogP contribution in [0.5, 0.6) is 5.75 Å². The maximum atomic E-state index is 10.3. The lowest BCUT2D eigenvalue weighted by atomic mass is 9.84. The molecule has 1 aromatic rings. The molecule has 0 atom stereocenters. The van der Waals surface area contributed by atoms with Crippen molar-refractivity contribution >= 4 is 15.9 Å². The third kappa shape index (κ3) is 4.00. The van der Waals surface area contributed by atoms with Crippen molar-refractivity contribution in [2.75, 3.05) is 6.54 Å². The summed E-state index contributed by atoms with van der Waals surface area (Å²) < 4.78 is 1.03. The van der Waals surface area contributed by atoms with Gasteiger partial charge in [0, 0.05) is 10.0 Å². The molecule has 0 bridgehead atoms. The second-order valence-corrected chi connectivity index (χ2v) is 6.37. The van der Waals surface area contributed by atoms with E-state index in [1.165, 1.54) is 0 Å². The van der Waals surface area contributed by atoms with E-state index in [1.807, 2.05) is 12.1 Å². The first-order chi connectivity index (χ1) is 7.86. The molecule has 0 aliphatic rings. The lowest BCUT2D eigenvalue weighted by Gasteiger charge is -2.22. The van der Waals surface area contributed by atoms with E-state index in [0.29, 0.717) is 12.3 Å². The topological polar surface area (TPSA) is 46.2 Å². The van der Waals surface area contributed by atoms with Crippen molar-refractivity contribution in [1.82, 2.24) is 0 Å². The minimum atomic E-state index is -0.0452. The largest absolute Gasteiger partial charge is 0.507 e. The van der Waals surface area contributed by atoms with E-state index >= 15 is 0 Å². The number of aryl methyl sites for hydroxylation is 1. The average molecular weight is 300 g/mol. The number of hydrogen-bond donors (Lipinski definition) is 2. The van der Waals surface area contributed by atoms with Gasteiger partial charge in [0.1, 0.15) is 5.75 Å². The molecule has 0 aromatic heterocycles. The third-order valence-corrected chi connectivity index (χ3v) is 3.32. The molecule has 1 aromatic carbocycles. The highest BCUT2D eigenvalue weighted by Gasteiger charge is 2.20. The number of phenolic OH excluding ortho intramolecular Hbond substituents is 1. The van der Waals surface area contributed by atoms with Gasteiger partial charge in [-0.15, -0.1) is 0 Å². The van der Waals surface area contributed by atoms with Crippen LogP contribution in [0.2, 0.25) is 0 Å². The SMILES string of the molecule is CC(C)(C)c1cc(Br)cc(CCCCN)c1O. The van der Waals surface area contributed by atoms with Crippen molar-refractivity contribution in [3.8, 4) is 5.75 Å². The Morgan fingerprint density at radius 1 is 1.24 bits per heavy atom. The Labute approximate surface area is 112 Å². The molecule has 96 valence electrons. The van der Waals surface area contributed by atoms with Crippen LogP contribution in [0, 0.1) is 0 Å². The first-order valence-corrected chi connectivity index (χ1v) is 6.87. The summed E-state index contributed by atoms with van der Waals surface area (Å²) in [5.41, 5.74) is 7.45. The van der Waals surface area contributed by atoms with Gasteiger partial charge in [0.15, 0.2) is 0 Å². The predicted molar refractivity (Wildman–Crippen MR) is 76.5 cm³/mol. The van der Waals surface area contributed by atoms with Crippen molar-refractivity contribution in [3.05, 3.63) is 27.7 Å². The molecule has 0 aliphatic heterocycles. The van der Waals surface area contributed by atoms with Crippen molar-refractivity contribution in [2.24, 2.45) is 5.73 Å². The molecule has 3 N–H and O–H groups in total. The second-order valence-electron chi connectivity index (χ2n) is 5.46. The van der Waals surface area contributed by atoms with Crippen LogP contribution in [0.3, 0.4) is 0 Å². The van der Waals surface area contributed by atoms with Gasteiger partial charge in [-0.1, -0.05) is 36.7 Å². The van der Waals surface area contributed by atoms with Crippen molar-refractivity contribution in [1.29, 1.82) is 0 Å². The number of aromatic hydroxyl groups is 1. The summed E-state index contributed by atoms with van der Waals surface area (Å²) in [6.07, 6.45) is 2.90. The summed E-state index contributed by atoms with van der Waals surface area (Å²) in [7, 11) is 0. The fourth-order valence-corrected chi connectivity index (χ4v) is 2.38. The van der Waals surface area contributed by atoms with E-state index in [2.05, 4.69) is 36.7 Å². The molecule has 0 unspecified atom stereocenters. The van der Waals surface area contributed by atoms with Gasteiger partial charge in [-0.3, -0.25) is 0 Å². The molecule has 1 rings (SSSR count). The molecule has 0 saturated carbocycles. The Hall–Kier alpha value is -0.540. The molecule has 0 fully saturated rings. The average Bonchev–Trinajstić information content (AvgIpc) is 2.21. The molecule has 0 aliphatic carbocycles. The van der Waals surface area contributed by atoms with Crippen molar-refractivity contribution in [2.45, 2.75) is 45.4 Å². The highest BCUT2D eigenvalue weighted by molar-refractivity contribution is 9.10. The first-order valence-electron chi connectivity index (χ1n) is 6.08. The molecule has 0 amide bonds. The highest BCUT2D eigenvalue weighted by Crippen LogP contribution is 2.36. The van der Waals surface area contributed by atoms with Gasteiger partial charge in [0.25, 0.3) is 0 Å². The number of benzene rings is 1. The van der Waals surface area contributed by atoms with E-state index < -0.39 is 0 Å². The maximum Gasteiger partial charge on any atom is 0.122 e. The van der Waals surface area contributed by atoms with Crippen LogP contribution in [-0.2, 0) is 11.8 Å². The highest BCUT2D eigenvalue weighted by atomic mass is 79.9. The smallest absolute Gasteiger partial charge is 0.122 e. The van der Waals surface area contributed by atoms with Gasteiger partial charge < -0.3 is 10.8 Å². The summed E-state index contributed by atoms with van der Waals surface area (Å²) >= 11 is 3.51. The Morgan fingerprint density at radius 3 is 2.41 bits per heavy atom. The second kappa shape index (κ2) is 5.87. The number of halogens is 1. The summed E-state index contributed by atoms with van der Waals surface area (Å²) in [5.74, 6) is 0.442. The van der Waals surface area contributed by atoms with E-state index in [-0.39, 0.29) is 5.41 Å². The zero-order chi connectivity index (χ0) is 13.1. The van der Waals surface area contributed by atoms with Crippen molar-refractivity contribution < 1.29 is 5.11 Å². The first kappa shape index (κ1) is 14.5. The van der Waals surface area contributed by atoms with Crippen LogP contribution < -0.4 is 5.73 Å². The molecule has 0 heterocycles. The summed E-state index contributed by atoms with van der Waals surface area (Å²) in [5, 5.41) is 10.3. The lowest BCUT2D eigenvalue weighted by Crippen LogP contribution is -2.12. The van der Waals surface area contributed by atoms with Gasteiger partial charge in [-0.2, -0.15) is 0 Å². The summed E-state index contributed by atoms with van der Waals surface area (Å²) in [6, 6.07) is 4.00. The fraction of sp³-hybridized carbons (Fsp3) is 0.571. The van der Waals surface area contributed by atoms with Crippen LogP contribution in [0.4, 0.5) is 0 Å². The fourth-order valence-electron chi connectivity index (χ4n) is 1.88. The zero-order valence-corrected chi connectivity index (χ0v) is 12.5. The number of hydrogen-bond acceptors (Lipinski definition) is 2.